The fourth-order valence-corrected chi connectivity index (χ4v) is 4.83. The standard InChI is InChI=1S/C22H18FNOS2/c23-18-10-8-17(9-11-18)15-25-19-5-3-4-16(14-19)12-13-26-22-24-20-6-1-2-7-21(20)27-22/h1-11,14H,12-13,15H2. The first-order valence-corrected chi connectivity index (χ1v) is 10.5. The molecule has 0 aliphatic rings. The molecule has 3 aromatic carbocycles. The fourth-order valence-electron chi connectivity index (χ4n) is 2.71. The van der Waals surface area contributed by atoms with Crippen LogP contribution in [0.5, 0.6) is 5.75 Å². The molecule has 0 bridgehead atoms. The highest BCUT2D eigenvalue weighted by molar-refractivity contribution is 8.01. The van der Waals surface area contributed by atoms with Crippen molar-refractivity contribution in [2.75, 3.05) is 5.75 Å². The van der Waals surface area contributed by atoms with E-state index in [-0.39, 0.29) is 5.82 Å². The molecule has 5 heteroatoms. The molecular weight excluding hydrogens is 377 g/mol. The van der Waals surface area contributed by atoms with E-state index in [0.717, 1.165) is 33.3 Å². The molecule has 0 saturated heterocycles. The monoisotopic (exact) mass is 395 g/mol. The molecule has 0 saturated carbocycles. The number of thioether (sulfide) groups is 1. The van der Waals surface area contributed by atoms with Crippen molar-refractivity contribution in [1.29, 1.82) is 0 Å². The lowest BCUT2D eigenvalue weighted by Crippen LogP contribution is -1.96. The van der Waals surface area contributed by atoms with Crippen molar-refractivity contribution in [3.63, 3.8) is 0 Å². The number of thiazole rings is 1. The van der Waals surface area contributed by atoms with E-state index in [9.17, 15) is 4.39 Å². The molecule has 0 unspecified atom stereocenters. The predicted octanol–water partition coefficient (Wildman–Crippen LogP) is 6.35. The van der Waals surface area contributed by atoms with E-state index in [1.54, 1.807) is 35.2 Å². The molecule has 2 nitrogen and oxygen atoms in total. The van der Waals surface area contributed by atoms with Gasteiger partial charge in [-0.15, -0.1) is 11.3 Å². The van der Waals surface area contributed by atoms with E-state index in [1.807, 2.05) is 24.3 Å². The van der Waals surface area contributed by atoms with E-state index in [0.29, 0.717) is 6.61 Å². The molecule has 1 heterocycles. The van der Waals surface area contributed by atoms with Gasteiger partial charge >= 0.3 is 0 Å². The van der Waals surface area contributed by atoms with Crippen LogP contribution in [0.15, 0.2) is 77.1 Å². The first-order chi connectivity index (χ1) is 13.3. The van der Waals surface area contributed by atoms with Gasteiger partial charge in [0.2, 0.25) is 0 Å². The van der Waals surface area contributed by atoms with Crippen molar-refractivity contribution in [2.45, 2.75) is 17.4 Å². The van der Waals surface area contributed by atoms with Gasteiger partial charge in [0.15, 0.2) is 4.34 Å². The number of fused-ring (bicyclic) bond motifs is 1. The van der Waals surface area contributed by atoms with Crippen LogP contribution in [0.25, 0.3) is 10.2 Å². The van der Waals surface area contributed by atoms with Gasteiger partial charge in [-0.05, 0) is 53.9 Å². The van der Waals surface area contributed by atoms with E-state index >= 15 is 0 Å². The molecule has 4 rings (SSSR count). The van der Waals surface area contributed by atoms with Crippen LogP contribution in [0.4, 0.5) is 4.39 Å². The summed E-state index contributed by atoms with van der Waals surface area (Å²) in [5.74, 6) is 1.58. The Balaban J connectivity index is 1.31. The van der Waals surface area contributed by atoms with Crippen LogP contribution in [0.1, 0.15) is 11.1 Å². The summed E-state index contributed by atoms with van der Waals surface area (Å²) in [6.07, 6.45) is 0.953. The number of benzene rings is 3. The molecule has 0 aliphatic carbocycles. The SMILES string of the molecule is Fc1ccc(COc2cccc(CCSc3nc4ccccc4s3)c2)cc1. The first-order valence-electron chi connectivity index (χ1n) is 8.71. The van der Waals surface area contributed by atoms with E-state index in [4.69, 9.17) is 4.74 Å². The molecule has 4 aromatic rings. The van der Waals surface area contributed by atoms with Crippen molar-refractivity contribution >= 4 is 33.3 Å². The minimum absolute atomic E-state index is 0.230. The molecule has 136 valence electrons. The largest absolute Gasteiger partial charge is 0.489 e. The summed E-state index contributed by atoms with van der Waals surface area (Å²) in [5.41, 5.74) is 3.26. The number of rotatable bonds is 7. The van der Waals surface area contributed by atoms with Gasteiger partial charge < -0.3 is 4.74 Å². The summed E-state index contributed by atoms with van der Waals surface area (Å²) >= 11 is 3.53. The lowest BCUT2D eigenvalue weighted by molar-refractivity contribution is 0.306. The molecule has 0 fully saturated rings. The quantitative estimate of drug-likeness (QED) is 0.340. The number of aryl methyl sites for hydroxylation is 1. The Morgan fingerprint density at radius 2 is 1.78 bits per heavy atom. The third-order valence-corrected chi connectivity index (χ3v) is 6.29. The normalized spacial score (nSPS) is 11.0. The van der Waals surface area contributed by atoms with Crippen molar-refractivity contribution in [3.8, 4) is 5.75 Å². The lowest BCUT2D eigenvalue weighted by atomic mass is 10.1. The van der Waals surface area contributed by atoms with Gasteiger partial charge in [-0.2, -0.15) is 0 Å². The topological polar surface area (TPSA) is 22.1 Å². The minimum atomic E-state index is -0.230. The average Bonchev–Trinajstić information content (AvgIpc) is 3.11. The summed E-state index contributed by atoms with van der Waals surface area (Å²) in [6.45, 7) is 0.435. The van der Waals surface area contributed by atoms with Crippen LogP contribution in [0.2, 0.25) is 0 Å². The Hall–Kier alpha value is -2.37. The van der Waals surface area contributed by atoms with Crippen LogP contribution < -0.4 is 4.74 Å². The maximum Gasteiger partial charge on any atom is 0.151 e. The van der Waals surface area contributed by atoms with Crippen molar-refractivity contribution in [1.82, 2.24) is 4.98 Å². The van der Waals surface area contributed by atoms with Crippen LogP contribution in [0, 0.1) is 5.82 Å². The highest BCUT2D eigenvalue weighted by Crippen LogP contribution is 2.29. The molecule has 0 aliphatic heterocycles. The van der Waals surface area contributed by atoms with Crippen molar-refractivity contribution in [3.05, 3.63) is 89.7 Å². The van der Waals surface area contributed by atoms with Gasteiger partial charge in [0, 0.05) is 5.75 Å². The summed E-state index contributed by atoms with van der Waals surface area (Å²) in [5, 5.41) is 0. The zero-order valence-electron chi connectivity index (χ0n) is 14.6. The van der Waals surface area contributed by atoms with Crippen molar-refractivity contribution < 1.29 is 9.13 Å². The number of hydrogen-bond acceptors (Lipinski definition) is 4. The van der Waals surface area contributed by atoms with E-state index in [2.05, 4.69) is 29.2 Å². The second kappa shape index (κ2) is 8.55. The van der Waals surface area contributed by atoms with E-state index in [1.165, 1.54) is 22.4 Å². The summed E-state index contributed by atoms with van der Waals surface area (Å²) in [6, 6.07) is 22.8. The third-order valence-electron chi connectivity index (χ3n) is 4.11. The molecule has 0 N–H and O–H groups in total. The summed E-state index contributed by atoms with van der Waals surface area (Å²) < 4.78 is 21.1. The number of halogens is 1. The molecule has 1 aromatic heterocycles. The van der Waals surface area contributed by atoms with Gasteiger partial charge in [-0.25, -0.2) is 9.37 Å². The highest BCUT2D eigenvalue weighted by atomic mass is 32.2. The first kappa shape index (κ1) is 18.0. The van der Waals surface area contributed by atoms with Gasteiger partial charge in [0.1, 0.15) is 18.2 Å². The molecular formula is C22H18FNOS2. The smallest absolute Gasteiger partial charge is 0.151 e. The van der Waals surface area contributed by atoms with E-state index < -0.39 is 0 Å². The second-order valence-electron chi connectivity index (χ2n) is 6.11. The minimum Gasteiger partial charge on any atom is -0.489 e. The van der Waals surface area contributed by atoms with Crippen molar-refractivity contribution in [2.24, 2.45) is 0 Å². The highest BCUT2D eigenvalue weighted by Gasteiger charge is 2.04. The molecule has 0 amide bonds. The second-order valence-corrected chi connectivity index (χ2v) is 8.48. The average molecular weight is 396 g/mol. The third kappa shape index (κ3) is 4.87. The Kier molecular flexibility index (Phi) is 5.70. The summed E-state index contributed by atoms with van der Waals surface area (Å²) in [7, 11) is 0. The van der Waals surface area contributed by atoms with Gasteiger partial charge in [-0.1, -0.05) is 48.2 Å². The molecule has 0 atom stereocenters. The molecule has 0 radical (unpaired) electrons. The van der Waals surface area contributed by atoms with Crippen LogP contribution in [-0.2, 0) is 13.0 Å². The Labute approximate surface area is 166 Å². The number of para-hydroxylation sites is 1. The van der Waals surface area contributed by atoms with Crippen LogP contribution >= 0.6 is 23.1 Å². The summed E-state index contributed by atoms with van der Waals surface area (Å²) in [4.78, 5) is 4.66. The number of nitrogens with zero attached hydrogens (tertiary/aromatic N) is 1. The zero-order valence-corrected chi connectivity index (χ0v) is 16.2. The van der Waals surface area contributed by atoms with Gasteiger partial charge in [0.25, 0.3) is 0 Å². The number of aromatic nitrogens is 1. The Morgan fingerprint density at radius 3 is 2.63 bits per heavy atom. The number of ether oxygens (including phenoxy) is 1. The number of hydrogen-bond donors (Lipinski definition) is 0. The lowest BCUT2D eigenvalue weighted by Gasteiger charge is -2.08. The fraction of sp³-hybridized carbons (Fsp3) is 0.136. The zero-order chi connectivity index (χ0) is 18.5. The van der Waals surface area contributed by atoms with Crippen LogP contribution in [0.3, 0.4) is 0 Å². The van der Waals surface area contributed by atoms with Crippen LogP contribution in [-0.4, -0.2) is 10.7 Å². The predicted molar refractivity (Wildman–Crippen MR) is 111 cm³/mol. The van der Waals surface area contributed by atoms with Gasteiger partial charge in [0.05, 0.1) is 10.2 Å². The van der Waals surface area contributed by atoms with Gasteiger partial charge in [-0.3, -0.25) is 0 Å². The Bertz CT molecular complexity index is 997. The maximum atomic E-state index is 13.0. The Morgan fingerprint density at radius 1 is 0.926 bits per heavy atom. The molecule has 27 heavy (non-hydrogen) atoms. The maximum absolute atomic E-state index is 13.0. The molecule has 0 spiro atoms.